The van der Waals surface area contributed by atoms with Gasteiger partial charge in [0.1, 0.15) is 11.3 Å². The fourth-order valence-electron chi connectivity index (χ4n) is 2.21. The van der Waals surface area contributed by atoms with E-state index in [9.17, 15) is 9.90 Å². The molecule has 3 rings (SSSR count). The van der Waals surface area contributed by atoms with Crippen LogP contribution < -0.4 is 4.74 Å². The maximum Gasteiger partial charge on any atom is 0.339 e. The molecule has 0 unspecified atom stereocenters. The molecule has 0 aliphatic heterocycles. The SMILES string of the molecule is CCOc1ccc(-c2cn3cccc(C(=O)O)c3n2)cc1. The Hall–Kier alpha value is -2.82. The first-order chi connectivity index (χ1) is 10.2. The van der Waals surface area contributed by atoms with Crippen molar-refractivity contribution in [1.29, 1.82) is 0 Å². The fourth-order valence-corrected chi connectivity index (χ4v) is 2.21. The summed E-state index contributed by atoms with van der Waals surface area (Å²) in [5.74, 6) is -0.180. The summed E-state index contributed by atoms with van der Waals surface area (Å²) in [6.45, 7) is 2.55. The zero-order chi connectivity index (χ0) is 14.8. The van der Waals surface area contributed by atoms with Crippen LogP contribution >= 0.6 is 0 Å². The van der Waals surface area contributed by atoms with Crippen molar-refractivity contribution in [3.8, 4) is 17.0 Å². The molecular formula is C16H14N2O3. The number of aromatic carboxylic acids is 1. The van der Waals surface area contributed by atoms with E-state index >= 15 is 0 Å². The number of carbonyl (C=O) groups is 1. The summed E-state index contributed by atoms with van der Waals surface area (Å²) >= 11 is 0. The van der Waals surface area contributed by atoms with Crippen molar-refractivity contribution in [2.24, 2.45) is 0 Å². The molecule has 0 fully saturated rings. The van der Waals surface area contributed by atoms with Gasteiger partial charge in [-0.25, -0.2) is 9.78 Å². The third-order valence-electron chi connectivity index (χ3n) is 3.17. The number of imidazole rings is 1. The summed E-state index contributed by atoms with van der Waals surface area (Å²) < 4.78 is 7.12. The van der Waals surface area contributed by atoms with Gasteiger partial charge >= 0.3 is 5.97 Å². The summed E-state index contributed by atoms with van der Waals surface area (Å²) in [4.78, 5) is 15.6. The van der Waals surface area contributed by atoms with E-state index in [2.05, 4.69) is 4.98 Å². The maximum absolute atomic E-state index is 11.2. The van der Waals surface area contributed by atoms with Crippen molar-refractivity contribution in [3.63, 3.8) is 0 Å². The second kappa shape index (κ2) is 5.28. The average Bonchev–Trinajstić information content (AvgIpc) is 2.92. The highest BCUT2D eigenvalue weighted by Gasteiger charge is 2.12. The molecule has 0 radical (unpaired) electrons. The van der Waals surface area contributed by atoms with Crippen LogP contribution in [0.25, 0.3) is 16.9 Å². The van der Waals surface area contributed by atoms with E-state index in [-0.39, 0.29) is 5.56 Å². The van der Waals surface area contributed by atoms with Gasteiger partial charge in [0.05, 0.1) is 12.3 Å². The molecule has 0 saturated carbocycles. The van der Waals surface area contributed by atoms with Crippen LogP contribution in [0.4, 0.5) is 0 Å². The van der Waals surface area contributed by atoms with Gasteiger partial charge in [0.15, 0.2) is 5.65 Å². The van der Waals surface area contributed by atoms with Crippen molar-refractivity contribution >= 4 is 11.6 Å². The van der Waals surface area contributed by atoms with Gasteiger partial charge in [0.2, 0.25) is 0 Å². The Bertz CT molecular complexity index is 791. The second-order valence-corrected chi connectivity index (χ2v) is 4.54. The minimum atomic E-state index is -0.982. The lowest BCUT2D eigenvalue weighted by Crippen LogP contribution is -1.99. The number of rotatable bonds is 4. The third kappa shape index (κ3) is 2.45. The van der Waals surface area contributed by atoms with E-state index in [0.717, 1.165) is 17.0 Å². The fraction of sp³-hybridized carbons (Fsp3) is 0.125. The molecule has 2 heterocycles. The maximum atomic E-state index is 11.2. The van der Waals surface area contributed by atoms with E-state index in [0.29, 0.717) is 12.3 Å². The molecule has 5 nitrogen and oxygen atoms in total. The molecule has 106 valence electrons. The zero-order valence-corrected chi connectivity index (χ0v) is 11.5. The lowest BCUT2D eigenvalue weighted by Gasteiger charge is -2.02. The van der Waals surface area contributed by atoms with E-state index in [1.54, 1.807) is 22.7 Å². The highest BCUT2D eigenvalue weighted by atomic mass is 16.5. The molecule has 0 amide bonds. The summed E-state index contributed by atoms with van der Waals surface area (Å²) in [6, 6.07) is 10.8. The number of benzene rings is 1. The van der Waals surface area contributed by atoms with Crippen LogP contribution in [-0.2, 0) is 0 Å². The lowest BCUT2D eigenvalue weighted by molar-refractivity contribution is 0.0698. The molecule has 2 aromatic heterocycles. The largest absolute Gasteiger partial charge is 0.494 e. The van der Waals surface area contributed by atoms with Crippen molar-refractivity contribution in [2.45, 2.75) is 6.92 Å². The highest BCUT2D eigenvalue weighted by Crippen LogP contribution is 2.23. The van der Waals surface area contributed by atoms with Gasteiger partial charge < -0.3 is 14.2 Å². The Balaban J connectivity index is 2.04. The molecule has 0 saturated heterocycles. The lowest BCUT2D eigenvalue weighted by atomic mass is 10.2. The molecule has 0 aliphatic carbocycles. The summed E-state index contributed by atoms with van der Waals surface area (Å²) in [5, 5.41) is 9.19. The summed E-state index contributed by atoms with van der Waals surface area (Å²) in [7, 11) is 0. The van der Waals surface area contributed by atoms with Crippen LogP contribution in [0.3, 0.4) is 0 Å². The third-order valence-corrected chi connectivity index (χ3v) is 3.17. The molecule has 0 spiro atoms. The van der Waals surface area contributed by atoms with Gasteiger partial charge in [0.25, 0.3) is 0 Å². The van der Waals surface area contributed by atoms with Crippen LogP contribution in [0.5, 0.6) is 5.75 Å². The van der Waals surface area contributed by atoms with Gasteiger partial charge in [-0.2, -0.15) is 0 Å². The quantitative estimate of drug-likeness (QED) is 0.798. The number of carboxylic acids is 1. The van der Waals surface area contributed by atoms with Gasteiger partial charge in [-0.3, -0.25) is 0 Å². The molecular weight excluding hydrogens is 268 g/mol. The normalized spacial score (nSPS) is 10.7. The van der Waals surface area contributed by atoms with Crippen LogP contribution in [0.15, 0.2) is 48.8 Å². The molecule has 21 heavy (non-hydrogen) atoms. The molecule has 0 aliphatic rings. The minimum Gasteiger partial charge on any atom is -0.494 e. The monoisotopic (exact) mass is 282 g/mol. The van der Waals surface area contributed by atoms with Crippen LogP contribution in [0, 0.1) is 0 Å². The Kier molecular flexibility index (Phi) is 3.31. The van der Waals surface area contributed by atoms with Crippen LogP contribution in [0.2, 0.25) is 0 Å². The van der Waals surface area contributed by atoms with Crippen molar-refractivity contribution in [1.82, 2.24) is 9.38 Å². The predicted octanol–water partition coefficient (Wildman–Crippen LogP) is 3.10. The van der Waals surface area contributed by atoms with E-state index < -0.39 is 5.97 Å². The number of aromatic nitrogens is 2. The summed E-state index contributed by atoms with van der Waals surface area (Å²) in [6.07, 6.45) is 3.60. The van der Waals surface area contributed by atoms with E-state index in [4.69, 9.17) is 4.74 Å². The first-order valence-corrected chi connectivity index (χ1v) is 6.63. The molecule has 5 heteroatoms. The number of hydrogen-bond donors (Lipinski definition) is 1. The Morgan fingerprint density at radius 1 is 1.29 bits per heavy atom. The Morgan fingerprint density at radius 3 is 2.71 bits per heavy atom. The predicted molar refractivity (Wildman–Crippen MR) is 78.8 cm³/mol. The topological polar surface area (TPSA) is 63.8 Å². The first kappa shape index (κ1) is 13.2. The first-order valence-electron chi connectivity index (χ1n) is 6.63. The number of hydrogen-bond acceptors (Lipinski definition) is 3. The Labute approximate surface area is 121 Å². The summed E-state index contributed by atoms with van der Waals surface area (Å²) in [5.41, 5.74) is 2.27. The number of carboxylic acid groups (broad SMARTS) is 1. The number of pyridine rings is 1. The number of ether oxygens (including phenoxy) is 1. The number of nitrogens with zero attached hydrogens (tertiary/aromatic N) is 2. The van der Waals surface area contributed by atoms with Crippen LogP contribution in [0.1, 0.15) is 17.3 Å². The van der Waals surface area contributed by atoms with Gasteiger partial charge in [0, 0.05) is 18.0 Å². The van der Waals surface area contributed by atoms with Crippen molar-refractivity contribution < 1.29 is 14.6 Å². The molecule has 1 aromatic carbocycles. The average molecular weight is 282 g/mol. The Morgan fingerprint density at radius 2 is 2.05 bits per heavy atom. The van der Waals surface area contributed by atoms with E-state index in [1.807, 2.05) is 37.4 Å². The molecule has 0 bridgehead atoms. The molecule has 1 N–H and O–H groups in total. The van der Waals surface area contributed by atoms with Gasteiger partial charge in [-0.1, -0.05) is 0 Å². The van der Waals surface area contributed by atoms with Crippen LogP contribution in [-0.4, -0.2) is 27.1 Å². The van der Waals surface area contributed by atoms with Gasteiger partial charge in [-0.05, 0) is 43.3 Å². The highest BCUT2D eigenvalue weighted by molar-refractivity contribution is 5.94. The number of fused-ring (bicyclic) bond motifs is 1. The molecule has 0 atom stereocenters. The second-order valence-electron chi connectivity index (χ2n) is 4.54. The molecule has 3 aromatic rings. The standard InChI is InChI=1S/C16H14N2O3/c1-2-21-12-7-5-11(6-8-12)14-10-18-9-3-4-13(16(19)20)15(18)17-14/h3-10H,2H2,1H3,(H,19,20). The smallest absolute Gasteiger partial charge is 0.339 e. The van der Waals surface area contributed by atoms with Gasteiger partial charge in [-0.15, -0.1) is 0 Å². The van der Waals surface area contributed by atoms with Crippen molar-refractivity contribution in [3.05, 3.63) is 54.4 Å². The van der Waals surface area contributed by atoms with Crippen molar-refractivity contribution in [2.75, 3.05) is 6.61 Å². The van der Waals surface area contributed by atoms with E-state index in [1.165, 1.54) is 0 Å². The minimum absolute atomic E-state index is 0.190. The zero-order valence-electron chi connectivity index (χ0n) is 11.5.